The first-order valence-electron chi connectivity index (χ1n) is 10.6. The fourth-order valence-electron chi connectivity index (χ4n) is 5.12. The number of carbonyl (C=O) groups is 2. The van der Waals surface area contributed by atoms with Crippen molar-refractivity contribution in [3.8, 4) is 0 Å². The van der Waals surface area contributed by atoms with Crippen LogP contribution < -0.4 is 16.1 Å². The van der Waals surface area contributed by atoms with E-state index in [1.807, 2.05) is 28.7 Å². The average Bonchev–Trinajstić information content (AvgIpc) is 3.34. The van der Waals surface area contributed by atoms with Gasteiger partial charge in [-0.2, -0.15) is 0 Å². The maximum atomic E-state index is 13.1. The molecule has 1 atom stereocenters. The number of aliphatic imine (C=N–C) groups is 1. The number of carboxylic acids is 1. The summed E-state index contributed by atoms with van der Waals surface area (Å²) in [4.78, 5) is 43.9. The first-order valence-corrected chi connectivity index (χ1v) is 11.4. The van der Waals surface area contributed by atoms with E-state index in [1.54, 1.807) is 0 Å². The van der Waals surface area contributed by atoms with Crippen molar-refractivity contribution >= 4 is 50.3 Å². The molecule has 3 aliphatic rings. The smallest absolute Gasteiger partial charge is 0.342 e. The maximum absolute atomic E-state index is 13.1. The van der Waals surface area contributed by atoms with E-state index in [2.05, 4.69) is 20.5 Å². The lowest BCUT2D eigenvalue weighted by atomic mass is 9.77. The number of carbonyl (C=O) groups excluding carboxylic acids is 1. The van der Waals surface area contributed by atoms with E-state index < -0.39 is 11.4 Å². The van der Waals surface area contributed by atoms with Crippen LogP contribution in [0, 0.1) is 5.41 Å². The minimum atomic E-state index is -1.24. The van der Waals surface area contributed by atoms with E-state index >= 15 is 0 Å². The summed E-state index contributed by atoms with van der Waals surface area (Å²) >= 11 is 1.30. The first kappa shape index (κ1) is 19.4. The van der Waals surface area contributed by atoms with Gasteiger partial charge in [-0.05, 0) is 30.4 Å². The Kier molecular flexibility index (Phi) is 4.18. The summed E-state index contributed by atoms with van der Waals surface area (Å²) in [6.07, 6.45) is 3.55. The van der Waals surface area contributed by atoms with Crippen LogP contribution in [0.2, 0.25) is 0 Å². The van der Waals surface area contributed by atoms with Crippen molar-refractivity contribution < 1.29 is 14.7 Å². The van der Waals surface area contributed by atoms with Gasteiger partial charge in [-0.1, -0.05) is 12.1 Å². The molecule has 9 nitrogen and oxygen atoms in total. The van der Waals surface area contributed by atoms with Gasteiger partial charge >= 0.3 is 5.97 Å². The molecule has 3 N–H and O–H groups in total. The molecule has 1 unspecified atom stereocenters. The average molecular weight is 452 g/mol. The van der Waals surface area contributed by atoms with Crippen molar-refractivity contribution in [2.45, 2.75) is 25.6 Å². The van der Waals surface area contributed by atoms with Crippen LogP contribution in [0.15, 0.2) is 34.1 Å². The number of pyridine rings is 1. The van der Waals surface area contributed by atoms with E-state index in [9.17, 15) is 19.5 Å². The Labute approximate surface area is 186 Å². The monoisotopic (exact) mass is 451 g/mol. The highest BCUT2D eigenvalue weighted by Crippen LogP contribution is 2.39. The maximum Gasteiger partial charge on any atom is 0.342 e. The van der Waals surface area contributed by atoms with Crippen LogP contribution in [-0.2, 0) is 4.79 Å². The number of rotatable bonds is 2. The van der Waals surface area contributed by atoms with E-state index in [-0.39, 0.29) is 28.7 Å². The number of benzene rings is 1. The Hall–Kier alpha value is -3.24. The van der Waals surface area contributed by atoms with Crippen molar-refractivity contribution in [1.82, 2.24) is 14.6 Å². The molecule has 3 aromatic rings. The molecule has 0 aliphatic carbocycles. The lowest BCUT2D eigenvalue weighted by molar-refractivity contribution is -0.119. The van der Waals surface area contributed by atoms with Crippen molar-refractivity contribution in [2.24, 2.45) is 10.4 Å². The topological polar surface area (TPSA) is 116 Å². The van der Waals surface area contributed by atoms with Gasteiger partial charge < -0.3 is 15.7 Å². The highest BCUT2D eigenvalue weighted by Gasteiger charge is 2.42. The zero-order valence-corrected chi connectivity index (χ0v) is 17.9. The van der Waals surface area contributed by atoms with Gasteiger partial charge in [0.25, 0.3) is 0 Å². The standard InChI is InChI=1S/C22H21N5O4S/c28-15-9-22(11-24-15)5-7-26(8-6-22)21-23-10-12-17(29)16(20(30)31)19-27(18(12)25-21)13-3-1-2-4-14(13)32-19/h1-4,10,21,25H,5-9,11H2,(H,24,28)(H,30,31). The summed E-state index contributed by atoms with van der Waals surface area (Å²) in [5.74, 6) is -0.537. The van der Waals surface area contributed by atoms with Gasteiger partial charge in [-0.25, -0.2) is 4.79 Å². The number of aromatic nitrogens is 1. The number of anilines is 1. The van der Waals surface area contributed by atoms with Crippen LogP contribution in [0.3, 0.4) is 0 Å². The summed E-state index contributed by atoms with van der Waals surface area (Å²) in [6, 6.07) is 7.64. The minimum absolute atomic E-state index is 0.0357. The van der Waals surface area contributed by atoms with Crippen LogP contribution in [0.25, 0.3) is 15.0 Å². The molecule has 2 saturated heterocycles. The zero-order chi connectivity index (χ0) is 22.0. The Morgan fingerprint density at radius 2 is 2.00 bits per heavy atom. The predicted octanol–water partition coefficient (Wildman–Crippen LogP) is 1.94. The molecule has 32 heavy (non-hydrogen) atoms. The van der Waals surface area contributed by atoms with E-state index in [4.69, 9.17) is 0 Å². The second kappa shape index (κ2) is 6.88. The third-order valence-corrected chi connectivity index (χ3v) is 8.05. The molecule has 0 saturated carbocycles. The second-order valence-electron chi connectivity index (χ2n) is 8.77. The summed E-state index contributed by atoms with van der Waals surface area (Å²) < 4.78 is 2.74. The van der Waals surface area contributed by atoms with Crippen LogP contribution in [0.5, 0.6) is 0 Å². The fourth-order valence-corrected chi connectivity index (χ4v) is 6.30. The van der Waals surface area contributed by atoms with Gasteiger partial charge in [0.2, 0.25) is 11.3 Å². The second-order valence-corrected chi connectivity index (χ2v) is 9.80. The molecule has 0 bridgehead atoms. The Balaban J connectivity index is 1.41. The number of thiazole rings is 1. The third-order valence-electron chi connectivity index (χ3n) is 6.91. The van der Waals surface area contributed by atoms with Gasteiger partial charge in [0.1, 0.15) is 16.2 Å². The number of piperidine rings is 1. The summed E-state index contributed by atoms with van der Waals surface area (Å²) in [5.41, 5.74) is 0.394. The van der Waals surface area contributed by atoms with Crippen LogP contribution >= 0.6 is 11.3 Å². The van der Waals surface area contributed by atoms with Gasteiger partial charge in [0, 0.05) is 32.3 Å². The molecular formula is C22H21N5O4S. The van der Waals surface area contributed by atoms with Crippen molar-refractivity contribution in [1.29, 1.82) is 0 Å². The normalized spacial score (nSPS) is 22.2. The summed E-state index contributed by atoms with van der Waals surface area (Å²) in [7, 11) is 0. The van der Waals surface area contributed by atoms with Gasteiger partial charge in [0.05, 0.1) is 15.8 Å². The first-order chi connectivity index (χ1) is 15.5. The van der Waals surface area contributed by atoms with Gasteiger partial charge in [-0.3, -0.25) is 23.9 Å². The summed E-state index contributed by atoms with van der Waals surface area (Å²) in [6.45, 7) is 2.31. The molecule has 1 spiro atoms. The molecule has 1 amide bonds. The Bertz CT molecular complexity index is 1380. The fraction of sp³-hybridized carbons (Fsp3) is 0.364. The molecule has 5 heterocycles. The molecule has 2 fully saturated rings. The molecule has 0 radical (unpaired) electrons. The predicted molar refractivity (Wildman–Crippen MR) is 122 cm³/mol. The van der Waals surface area contributed by atoms with E-state index in [0.717, 1.165) is 42.7 Å². The molecule has 164 valence electrons. The van der Waals surface area contributed by atoms with Crippen molar-refractivity contribution in [2.75, 3.05) is 25.0 Å². The Morgan fingerprint density at radius 3 is 2.72 bits per heavy atom. The largest absolute Gasteiger partial charge is 0.477 e. The molecule has 2 aromatic heterocycles. The van der Waals surface area contributed by atoms with Crippen molar-refractivity contribution in [3.05, 3.63) is 45.6 Å². The van der Waals surface area contributed by atoms with Crippen molar-refractivity contribution in [3.63, 3.8) is 0 Å². The zero-order valence-electron chi connectivity index (χ0n) is 17.1. The Morgan fingerprint density at radius 1 is 1.22 bits per heavy atom. The highest BCUT2D eigenvalue weighted by atomic mass is 32.1. The number of hydrogen-bond acceptors (Lipinski definition) is 7. The van der Waals surface area contributed by atoms with Gasteiger partial charge in [-0.15, -0.1) is 11.3 Å². The molecule has 3 aliphatic heterocycles. The highest BCUT2D eigenvalue weighted by molar-refractivity contribution is 7.24. The lowest BCUT2D eigenvalue weighted by Gasteiger charge is -2.41. The number of nitrogens with zero attached hydrogens (tertiary/aromatic N) is 3. The number of hydrogen-bond donors (Lipinski definition) is 3. The number of amides is 1. The van der Waals surface area contributed by atoms with Crippen LogP contribution in [0.1, 0.15) is 35.2 Å². The summed E-state index contributed by atoms with van der Waals surface area (Å²) in [5, 5.41) is 16.1. The number of likely N-dealkylation sites (tertiary alicyclic amines) is 1. The molecule has 10 heteroatoms. The number of carboxylic acid groups (broad SMARTS) is 1. The minimum Gasteiger partial charge on any atom is -0.477 e. The number of fused-ring (bicyclic) bond motifs is 5. The molecule has 6 rings (SSSR count). The van der Waals surface area contributed by atoms with Gasteiger partial charge in [0.15, 0.2) is 6.29 Å². The van der Waals surface area contributed by atoms with E-state index in [1.165, 1.54) is 17.6 Å². The third kappa shape index (κ3) is 2.79. The number of nitrogens with one attached hydrogen (secondary N) is 2. The quantitative estimate of drug-likeness (QED) is 0.549. The number of para-hydroxylation sites is 1. The number of aromatic carboxylic acids is 1. The van der Waals surface area contributed by atoms with Crippen LogP contribution in [0.4, 0.5) is 5.82 Å². The van der Waals surface area contributed by atoms with Crippen LogP contribution in [-0.4, -0.2) is 58.4 Å². The van der Waals surface area contributed by atoms with E-state index in [0.29, 0.717) is 17.1 Å². The molecular weight excluding hydrogens is 430 g/mol. The lowest BCUT2D eigenvalue weighted by Crippen LogP contribution is -2.49. The molecule has 1 aromatic carbocycles. The SMILES string of the molecule is O=C1CC2(CCN(C3N=Cc4c(n5c(sc6ccccc65)c(C(=O)O)c4=O)N3)CC2)CN1.